The highest BCUT2D eigenvalue weighted by Gasteiger charge is 2.41. The van der Waals surface area contributed by atoms with Crippen molar-refractivity contribution in [2.24, 2.45) is 0 Å². The monoisotopic (exact) mass is 402 g/mol. The molecule has 1 heterocycles. The molecule has 2 fully saturated rings. The number of ether oxygens (including phenoxy) is 2. The van der Waals surface area contributed by atoms with Crippen LogP contribution in [0.2, 0.25) is 0 Å². The maximum absolute atomic E-state index is 13.7. The Labute approximate surface area is 166 Å². The Hall–Kier alpha value is -2.09. The van der Waals surface area contributed by atoms with Crippen LogP contribution in [0, 0.1) is 0 Å². The second-order valence-electron chi connectivity index (χ2n) is 7.29. The summed E-state index contributed by atoms with van der Waals surface area (Å²) in [6.45, 7) is 1.92. The first-order valence-corrected chi connectivity index (χ1v) is 11.0. The van der Waals surface area contributed by atoms with Gasteiger partial charge < -0.3 is 9.47 Å². The first-order chi connectivity index (χ1) is 13.5. The Balaban J connectivity index is 1.74. The number of sulfonamides is 1. The fourth-order valence-corrected chi connectivity index (χ4v) is 5.67. The number of methoxy groups -OCH3 is 2. The zero-order valence-electron chi connectivity index (χ0n) is 16.2. The summed E-state index contributed by atoms with van der Waals surface area (Å²) in [6.07, 6.45) is 2.41. The van der Waals surface area contributed by atoms with Gasteiger partial charge >= 0.3 is 0 Å². The van der Waals surface area contributed by atoms with E-state index in [4.69, 9.17) is 9.47 Å². The highest BCUT2D eigenvalue weighted by molar-refractivity contribution is 7.89. The standard InChI is InChI=1S/C21H26N2O4S/c1-26-18-10-11-20(27-2)21(14-18)28(24,25)23-13-12-22(17-8-9-17)15-19(23)16-6-4-3-5-7-16/h3-7,10-11,14,17,19H,8-9,12-13,15H2,1-2H3. The summed E-state index contributed by atoms with van der Waals surface area (Å²) in [4.78, 5) is 2.57. The van der Waals surface area contributed by atoms with Crippen molar-refractivity contribution >= 4 is 10.0 Å². The number of rotatable bonds is 6. The van der Waals surface area contributed by atoms with Gasteiger partial charge in [0.05, 0.1) is 20.3 Å². The van der Waals surface area contributed by atoms with Crippen LogP contribution >= 0.6 is 0 Å². The van der Waals surface area contributed by atoms with E-state index in [2.05, 4.69) is 4.90 Å². The minimum Gasteiger partial charge on any atom is -0.497 e. The summed E-state index contributed by atoms with van der Waals surface area (Å²) in [6, 6.07) is 15.2. The first-order valence-electron chi connectivity index (χ1n) is 9.57. The molecule has 7 heteroatoms. The highest BCUT2D eigenvalue weighted by atomic mass is 32.2. The van der Waals surface area contributed by atoms with E-state index in [9.17, 15) is 8.42 Å². The molecule has 2 aromatic carbocycles. The molecule has 0 amide bonds. The van der Waals surface area contributed by atoms with Crippen LogP contribution in [0.4, 0.5) is 0 Å². The molecule has 1 unspecified atom stereocenters. The average Bonchev–Trinajstić information content (AvgIpc) is 3.59. The van der Waals surface area contributed by atoms with Crippen molar-refractivity contribution < 1.29 is 17.9 Å². The first kappa shape index (κ1) is 19.2. The smallest absolute Gasteiger partial charge is 0.247 e. The number of hydrogen-bond acceptors (Lipinski definition) is 5. The summed E-state index contributed by atoms with van der Waals surface area (Å²) >= 11 is 0. The van der Waals surface area contributed by atoms with Gasteiger partial charge in [0, 0.05) is 31.7 Å². The SMILES string of the molecule is COc1ccc(OC)c(S(=O)(=O)N2CCN(C3CC3)CC2c2ccccc2)c1. The highest BCUT2D eigenvalue weighted by Crippen LogP contribution is 2.38. The molecule has 1 aliphatic carbocycles. The van der Waals surface area contributed by atoms with E-state index >= 15 is 0 Å². The van der Waals surface area contributed by atoms with Gasteiger partial charge in [-0.3, -0.25) is 4.90 Å². The number of hydrogen-bond donors (Lipinski definition) is 0. The summed E-state index contributed by atoms with van der Waals surface area (Å²) < 4.78 is 39.6. The number of piperazine rings is 1. The molecule has 1 saturated carbocycles. The number of nitrogens with zero attached hydrogens (tertiary/aromatic N) is 2. The van der Waals surface area contributed by atoms with Crippen molar-refractivity contribution in [3.63, 3.8) is 0 Å². The molecule has 0 spiro atoms. The predicted octanol–water partition coefficient (Wildman–Crippen LogP) is 2.91. The second kappa shape index (κ2) is 7.73. The van der Waals surface area contributed by atoms with E-state index < -0.39 is 10.0 Å². The Bertz CT molecular complexity index is 929. The zero-order valence-corrected chi connectivity index (χ0v) is 17.1. The van der Waals surface area contributed by atoms with Crippen molar-refractivity contribution in [1.29, 1.82) is 0 Å². The third-order valence-corrected chi connectivity index (χ3v) is 7.50. The van der Waals surface area contributed by atoms with E-state index in [0.29, 0.717) is 30.6 Å². The van der Waals surface area contributed by atoms with Gasteiger partial charge in [-0.25, -0.2) is 8.42 Å². The van der Waals surface area contributed by atoms with E-state index in [1.165, 1.54) is 27.1 Å². The molecule has 2 aliphatic rings. The van der Waals surface area contributed by atoms with Crippen LogP contribution in [0.5, 0.6) is 11.5 Å². The van der Waals surface area contributed by atoms with Crippen LogP contribution in [0.15, 0.2) is 53.4 Å². The molecule has 150 valence electrons. The van der Waals surface area contributed by atoms with E-state index in [1.54, 1.807) is 22.5 Å². The van der Waals surface area contributed by atoms with Crippen molar-refractivity contribution in [1.82, 2.24) is 9.21 Å². The minimum atomic E-state index is -3.76. The third-order valence-electron chi connectivity index (χ3n) is 5.57. The maximum atomic E-state index is 13.7. The fraction of sp³-hybridized carbons (Fsp3) is 0.429. The predicted molar refractivity (Wildman–Crippen MR) is 107 cm³/mol. The third kappa shape index (κ3) is 3.62. The Morgan fingerprint density at radius 1 is 0.964 bits per heavy atom. The molecular formula is C21H26N2O4S. The largest absolute Gasteiger partial charge is 0.497 e. The van der Waals surface area contributed by atoms with Crippen molar-refractivity contribution in [2.75, 3.05) is 33.9 Å². The van der Waals surface area contributed by atoms with Gasteiger partial charge in [-0.05, 0) is 30.5 Å². The molecule has 4 rings (SSSR count). The molecule has 28 heavy (non-hydrogen) atoms. The van der Waals surface area contributed by atoms with Gasteiger partial charge in [-0.2, -0.15) is 4.31 Å². The van der Waals surface area contributed by atoms with Crippen LogP contribution in [-0.2, 0) is 10.0 Å². The van der Waals surface area contributed by atoms with Gasteiger partial charge in [0.25, 0.3) is 0 Å². The molecule has 0 N–H and O–H groups in total. The molecule has 0 bridgehead atoms. The van der Waals surface area contributed by atoms with Gasteiger partial charge in [0.2, 0.25) is 10.0 Å². The molecule has 1 saturated heterocycles. The summed E-state index contributed by atoms with van der Waals surface area (Å²) in [7, 11) is -0.748. The molecular weight excluding hydrogens is 376 g/mol. The lowest BCUT2D eigenvalue weighted by atomic mass is 10.0. The molecule has 6 nitrogen and oxygen atoms in total. The van der Waals surface area contributed by atoms with E-state index in [-0.39, 0.29) is 10.9 Å². The lowest BCUT2D eigenvalue weighted by Gasteiger charge is -2.41. The zero-order chi connectivity index (χ0) is 19.7. The quantitative estimate of drug-likeness (QED) is 0.744. The van der Waals surface area contributed by atoms with Gasteiger partial charge in [-0.1, -0.05) is 30.3 Å². The molecule has 1 atom stereocenters. The summed E-state index contributed by atoms with van der Waals surface area (Å²) in [5.74, 6) is 0.824. The normalized spacial score (nSPS) is 21.4. The second-order valence-corrected chi connectivity index (χ2v) is 9.14. The fourth-order valence-electron chi connectivity index (χ4n) is 3.91. The summed E-state index contributed by atoms with van der Waals surface area (Å²) in [5, 5.41) is 0. The Morgan fingerprint density at radius 3 is 2.36 bits per heavy atom. The van der Waals surface area contributed by atoms with Crippen LogP contribution in [0.25, 0.3) is 0 Å². The lowest BCUT2D eigenvalue weighted by molar-refractivity contribution is 0.128. The van der Waals surface area contributed by atoms with Gasteiger partial charge in [0.1, 0.15) is 16.4 Å². The lowest BCUT2D eigenvalue weighted by Crippen LogP contribution is -2.51. The van der Waals surface area contributed by atoms with Crippen LogP contribution in [-0.4, -0.2) is 57.5 Å². The molecule has 0 radical (unpaired) electrons. The van der Waals surface area contributed by atoms with Crippen LogP contribution < -0.4 is 9.47 Å². The minimum absolute atomic E-state index is 0.148. The Kier molecular flexibility index (Phi) is 5.31. The summed E-state index contributed by atoms with van der Waals surface area (Å²) in [5.41, 5.74) is 1.01. The van der Waals surface area contributed by atoms with Crippen molar-refractivity contribution in [2.45, 2.75) is 29.8 Å². The Morgan fingerprint density at radius 2 is 1.71 bits per heavy atom. The molecule has 0 aromatic heterocycles. The van der Waals surface area contributed by atoms with Crippen molar-refractivity contribution in [3.8, 4) is 11.5 Å². The van der Waals surface area contributed by atoms with E-state index in [0.717, 1.165) is 12.1 Å². The van der Waals surface area contributed by atoms with Gasteiger partial charge in [-0.15, -0.1) is 0 Å². The molecule has 1 aliphatic heterocycles. The van der Waals surface area contributed by atoms with Crippen LogP contribution in [0.3, 0.4) is 0 Å². The number of benzene rings is 2. The maximum Gasteiger partial charge on any atom is 0.247 e. The van der Waals surface area contributed by atoms with Crippen molar-refractivity contribution in [3.05, 3.63) is 54.1 Å². The average molecular weight is 403 g/mol. The van der Waals surface area contributed by atoms with Crippen LogP contribution in [0.1, 0.15) is 24.4 Å². The molecule has 2 aromatic rings. The topological polar surface area (TPSA) is 59.1 Å². The van der Waals surface area contributed by atoms with Gasteiger partial charge in [0.15, 0.2) is 0 Å². The van der Waals surface area contributed by atoms with E-state index in [1.807, 2.05) is 30.3 Å².